The lowest BCUT2D eigenvalue weighted by molar-refractivity contribution is -0.131. The standard InChI is InChI=1S/C17H19N3O4/c1-11-7-15(19-24-11)18-16(21)10-20-9-13(8-17(20)22)12-3-5-14(23-2)6-4-12/h3-7,13H,8-10H2,1-2H3,(H,18,19,21). The number of likely N-dealkylation sites (tertiary alicyclic amines) is 1. The van der Waals surface area contributed by atoms with Gasteiger partial charge < -0.3 is 19.5 Å². The van der Waals surface area contributed by atoms with Gasteiger partial charge in [0.2, 0.25) is 11.8 Å². The van der Waals surface area contributed by atoms with Crippen LogP contribution < -0.4 is 10.1 Å². The predicted octanol–water partition coefficient (Wildman–Crippen LogP) is 1.95. The predicted molar refractivity (Wildman–Crippen MR) is 86.8 cm³/mol. The molecule has 1 aromatic heterocycles. The molecule has 2 aromatic rings. The summed E-state index contributed by atoms with van der Waals surface area (Å²) in [6, 6.07) is 9.30. The molecule has 1 saturated heterocycles. The number of carbonyl (C=O) groups excluding carboxylic acids is 2. The Kier molecular flexibility index (Phi) is 4.50. The molecule has 2 amide bonds. The molecule has 1 aromatic carbocycles. The molecule has 1 N–H and O–H groups in total. The van der Waals surface area contributed by atoms with Crippen molar-refractivity contribution in [3.05, 3.63) is 41.7 Å². The maximum atomic E-state index is 12.2. The maximum Gasteiger partial charge on any atom is 0.245 e. The van der Waals surface area contributed by atoms with Gasteiger partial charge in [0.15, 0.2) is 5.82 Å². The summed E-state index contributed by atoms with van der Waals surface area (Å²) in [5.41, 5.74) is 1.07. The second-order valence-electron chi connectivity index (χ2n) is 5.82. The van der Waals surface area contributed by atoms with E-state index in [0.29, 0.717) is 24.5 Å². The first-order chi connectivity index (χ1) is 11.5. The summed E-state index contributed by atoms with van der Waals surface area (Å²) in [6.45, 7) is 2.28. The number of aromatic nitrogens is 1. The number of benzene rings is 1. The van der Waals surface area contributed by atoms with Crippen molar-refractivity contribution in [3.8, 4) is 5.75 Å². The zero-order valence-corrected chi connectivity index (χ0v) is 13.6. The van der Waals surface area contributed by atoms with E-state index < -0.39 is 0 Å². The van der Waals surface area contributed by atoms with Crippen LogP contribution >= 0.6 is 0 Å². The number of amides is 2. The number of hydrogen-bond donors (Lipinski definition) is 1. The van der Waals surface area contributed by atoms with Crippen LogP contribution in [0.1, 0.15) is 23.7 Å². The topological polar surface area (TPSA) is 84.7 Å². The van der Waals surface area contributed by atoms with E-state index in [1.165, 1.54) is 0 Å². The van der Waals surface area contributed by atoms with Gasteiger partial charge in [-0.3, -0.25) is 9.59 Å². The van der Waals surface area contributed by atoms with E-state index in [4.69, 9.17) is 9.26 Å². The van der Waals surface area contributed by atoms with Crippen LogP contribution in [0.3, 0.4) is 0 Å². The third-order valence-corrected chi connectivity index (χ3v) is 4.03. The van der Waals surface area contributed by atoms with Crippen molar-refractivity contribution in [2.45, 2.75) is 19.3 Å². The highest BCUT2D eigenvalue weighted by Gasteiger charge is 2.31. The molecular formula is C17H19N3O4. The molecule has 1 aliphatic heterocycles. The molecule has 0 radical (unpaired) electrons. The molecule has 1 aliphatic rings. The summed E-state index contributed by atoms with van der Waals surface area (Å²) in [6.07, 6.45) is 0.405. The number of nitrogens with zero attached hydrogens (tertiary/aromatic N) is 2. The molecule has 126 valence electrons. The molecule has 24 heavy (non-hydrogen) atoms. The Morgan fingerprint density at radius 1 is 1.42 bits per heavy atom. The van der Waals surface area contributed by atoms with Crippen molar-refractivity contribution in [3.63, 3.8) is 0 Å². The lowest BCUT2D eigenvalue weighted by Crippen LogP contribution is -2.34. The lowest BCUT2D eigenvalue weighted by Gasteiger charge is -2.16. The molecule has 0 saturated carbocycles. The maximum absolute atomic E-state index is 12.2. The zero-order chi connectivity index (χ0) is 17.1. The number of carbonyl (C=O) groups is 2. The number of anilines is 1. The highest BCUT2D eigenvalue weighted by Crippen LogP contribution is 2.29. The minimum atomic E-state index is -0.285. The van der Waals surface area contributed by atoms with Gasteiger partial charge >= 0.3 is 0 Å². The van der Waals surface area contributed by atoms with Gasteiger partial charge in [-0.05, 0) is 24.6 Å². The van der Waals surface area contributed by atoms with Crippen LogP contribution in [0.25, 0.3) is 0 Å². The van der Waals surface area contributed by atoms with Gasteiger partial charge in [0.1, 0.15) is 11.5 Å². The second kappa shape index (κ2) is 6.74. The Morgan fingerprint density at radius 3 is 2.79 bits per heavy atom. The van der Waals surface area contributed by atoms with E-state index in [-0.39, 0.29) is 24.3 Å². The monoisotopic (exact) mass is 329 g/mol. The first-order valence-corrected chi connectivity index (χ1v) is 7.70. The summed E-state index contributed by atoms with van der Waals surface area (Å²) >= 11 is 0. The number of rotatable bonds is 5. The minimum absolute atomic E-state index is 0.0113. The molecule has 0 bridgehead atoms. The zero-order valence-electron chi connectivity index (χ0n) is 13.6. The molecule has 1 fully saturated rings. The van der Waals surface area contributed by atoms with E-state index >= 15 is 0 Å². The molecule has 1 unspecified atom stereocenters. The smallest absolute Gasteiger partial charge is 0.245 e. The second-order valence-corrected chi connectivity index (χ2v) is 5.82. The van der Waals surface area contributed by atoms with Gasteiger partial charge in [-0.2, -0.15) is 0 Å². The van der Waals surface area contributed by atoms with Crippen molar-refractivity contribution >= 4 is 17.6 Å². The molecule has 7 heteroatoms. The van der Waals surface area contributed by atoms with Crippen LogP contribution in [-0.2, 0) is 9.59 Å². The van der Waals surface area contributed by atoms with Crippen molar-refractivity contribution in [2.75, 3.05) is 25.5 Å². The normalized spacial score (nSPS) is 17.2. The van der Waals surface area contributed by atoms with Gasteiger partial charge in [0.25, 0.3) is 0 Å². The van der Waals surface area contributed by atoms with Crippen molar-refractivity contribution in [2.24, 2.45) is 0 Å². The number of nitrogens with one attached hydrogen (secondary N) is 1. The number of hydrogen-bond acceptors (Lipinski definition) is 5. The molecule has 2 heterocycles. The van der Waals surface area contributed by atoms with Gasteiger partial charge in [0.05, 0.1) is 13.7 Å². The van der Waals surface area contributed by atoms with Gasteiger partial charge in [-0.25, -0.2) is 0 Å². The molecule has 1 atom stereocenters. The highest BCUT2D eigenvalue weighted by atomic mass is 16.5. The largest absolute Gasteiger partial charge is 0.497 e. The average molecular weight is 329 g/mol. The van der Waals surface area contributed by atoms with Gasteiger partial charge in [-0.15, -0.1) is 0 Å². The summed E-state index contributed by atoms with van der Waals surface area (Å²) in [7, 11) is 1.62. The fraction of sp³-hybridized carbons (Fsp3) is 0.353. The quantitative estimate of drug-likeness (QED) is 0.906. The third-order valence-electron chi connectivity index (χ3n) is 4.03. The van der Waals surface area contributed by atoms with Crippen LogP contribution in [0.15, 0.2) is 34.9 Å². The average Bonchev–Trinajstić information content (AvgIpc) is 3.13. The Hall–Kier alpha value is -2.83. The van der Waals surface area contributed by atoms with Crippen LogP contribution in [0, 0.1) is 6.92 Å². The fourth-order valence-electron chi connectivity index (χ4n) is 2.81. The summed E-state index contributed by atoms with van der Waals surface area (Å²) in [5, 5.41) is 6.33. The van der Waals surface area contributed by atoms with E-state index in [2.05, 4.69) is 10.5 Å². The Labute approximate surface area is 139 Å². The van der Waals surface area contributed by atoms with Gasteiger partial charge in [0, 0.05) is 24.9 Å². The molecule has 3 rings (SSSR count). The summed E-state index contributed by atoms with van der Waals surface area (Å²) in [4.78, 5) is 25.8. The fourth-order valence-corrected chi connectivity index (χ4v) is 2.81. The Bertz CT molecular complexity index is 739. The minimum Gasteiger partial charge on any atom is -0.497 e. The number of methoxy groups -OCH3 is 1. The van der Waals surface area contributed by atoms with E-state index in [0.717, 1.165) is 11.3 Å². The first-order valence-electron chi connectivity index (χ1n) is 7.70. The van der Waals surface area contributed by atoms with Crippen molar-refractivity contribution < 1.29 is 18.8 Å². The van der Waals surface area contributed by atoms with E-state index in [1.807, 2.05) is 24.3 Å². The van der Waals surface area contributed by atoms with Crippen molar-refractivity contribution in [1.29, 1.82) is 0 Å². The number of aryl methyl sites for hydroxylation is 1. The lowest BCUT2D eigenvalue weighted by atomic mass is 9.98. The summed E-state index contributed by atoms with van der Waals surface area (Å²) < 4.78 is 10.0. The van der Waals surface area contributed by atoms with Crippen LogP contribution in [-0.4, -0.2) is 42.1 Å². The first kappa shape index (κ1) is 16.0. The highest BCUT2D eigenvalue weighted by molar-refractivity contribution is 5.94. The molecule has 0 spiro atoms. The third kappa shape index (κ3) is 3.56. The van der Waals surface area contributed by atoms with Gasteiger partial charge in [-0.1, -0.05) is 17.3 Å². The number of ether oxygens (including phenoxy) is 1. The Morgan fingerprint density at radius 2 is 2.17 bits per heavy atom. The van der Waals surface area contributed by atoms with E-state index in [1.54, 1.807) is 25.0 Å². The summed E-state index contributed by atoms with van der Waals surface area (Å²) in [5.74, 6) is 1.53. The molecular weight excluding hydrogens is 310 g/mol. The Balaban J connectivity index is 1.58. The molecule has 7 nitrogen and oxygen atoms in total. The van der Waals surface area contributed by atoms with Crippen LogP contribution in [0.5, 0.6) is 5.75 Å². The SMILES string of the molecule is COc1ccc(C2CC(=O)N(CC(=O)Nc3cc(C)on3)C2)cc1. The molecule has 0 aliphatic carbocycles. The van der Waals surface area contributed by atoms with Crippen LogP contribution in [0.2, 0.25) is 0 Å². The van der Waals surface area contributed by atoms with E-state index in [9.17, 15) is 9.59 Å². The van der Waals surface area contributed by atoms with Crippen molar-refractivity contribution in [1.82, 2.24) is 10.1 Å². The van der Waals surface area contributed by atoms with Crippen LogP contribution in [0.4, 0.5) is 5.82 Å².